The fourth-order valence-electron chi connectivity index (χ4n) is 5.82. The minimum Gasteiger partial charge on any atom is -0.496 e. The van der Waals surface area contributed by atoms with E-state index in [-0.39, 0.29) is 28.9 Å². The smallest absolute Gasteiger partial charge is 0.223 e. The van der Waals surface area contributed by atoms with Crippen LogP contribution < -0.4 is 9.47 Å². The second kappa shape index (κ2) is 13.0. The molecule has 0 saturated carbocycles. The molecule has 3 aromatic rings. The van der Waals surface area contributed by atoms with Crippen LogP contribution in [-0.2, 0) is 27.8 Å². The molecule has 7 heteroatoms. The molecule has 2 aromatic carbocycles. The van der Waals surface area contributed by atoms with Crippen LogP contribution in [0.5, 0.6) is 11.6 Å². The van der Waals surface area contributed by atoms with E-state index in [1.54, 1.807) is 13.3 Å². The maximum Gasteiger partial charge on any atom is 0.223 e. The molecular formula is C35H48N2O4Si. The van der Waals surface area contributed by atoms with Crippen molar-refractivity contribution in [3.63, 3.8) is 0 Å². The minimum absolute atomic E-state index is 0.0104. The van der Waals surface area contributed by atoms with Crippen molar-refractivity contribution in [2.45, 2.75) is 98.2 Å². The Morgan fingerprint density at radius 2 is 1.71 bits per heavy atom. The van der Waals surface area contributed by atoms with Crippen LogP contribution in [0.4, 0.5) is 0 Å². The first-order valence-electron chi connectivity index (χ1n) is 15.1. The lowest BCUT2D eigenvalue weighted by Crippen LogP contribution is -2.49. The summed E-state index contributed by atoms with van der Waals surface area (Å²) in [6.45, 7) is 18.5. The summed E-state index contributed by atoms with van der Waals surface area (Å²) < 4.78 is 18.9. The number of pyridine rings is 1. The van der Waals surface area contributed by atoms with Crippen molar-refractivity contribution in [1.29, 1.82) is 0 Å². The highest BCUT2D eigenvalue weighted by atomic mass is 28.3. The largest absolute Gasteiger partial charge is 0.496 e. The maximum atomic E-state index is 13.5. The molecular weight excluding hydrogens is 540 g/mol. The SMILES string of the molecule is COc1cc(CN2C(=O)CC[C@H]2C(O[SiH](C)C)C(C)(C)C)c(-c2cccnc2OCc2ccccc2)cc1C(C)(C)C. The van der Waals surface area contributed by atoms with Crippen LogP contribution in [0.25, 0.3) is 11.1 Å². The summed E-state index contributed by atoms with van der Waals surface area (Å²) in [5.74, 6) is 1.55. The molecule has 1 amide bonds. The van der Waals surface area contributed by atoms with Gasteiger partial charge in [-0.25, -0.2) is 4.98 Å². The van der Waals surface area contributed by atoms with Crippen LogP contribution in [0.2, 0.25) is 13.1 Å². The van der Waals surface area contributed by atoms with E-state index in [1.165, 1.54) is 0 Å². The van der Waals surface area contributed by atoms with Gasteiger partial charge in [0.15, 0.2) is 9.04 Å². The summed E-state index contributed by atoms with van der Waals surface area (Å²) in [6.07, 6.45) is 3.06. The zero-order valence-electron chi connectivity index (χ0n) is 26.9. The average molecular weight is 589 g/mol. The van der Waals surface area contributed by atoms with Crippen molar-refractivity contribution in [3.8, 4) is 22.8 Å². The quantitative estimate of drug-likeness (QED) is 0.229. The van der Waals surface area contributed by atoms with Crippen LogP contribution in [0.3, 0.4) is 0 Å². The molecule has 2 atom stereocenters. The number of amides is 1. The lowest BCUT2D eigenvalue weighted by molar-refractivity contribution is -0.131. The molecule has 1 unspecified atom stereocenters. The van der Waals surface area contributed by atoms with Gasteiger partial charge in [0.25, 0.3) is 0 Å². The highest BCUT2D eigenvalue weighted by Crippen LogP contribution is 2.42. The van der Waals surface area contributed by atoms with Crippen molar-refractivity contribution in [2.24, 2.45) is 5.41 Å². The predicted molar refractivity (Wildman–Crippen MR) is 172 cm³/mol. The molecule has 1 aliphatic heterocycles. The van der Waals surface area contributed by atoms with Gasteiger partial charge in [-0.3, -0.25) is 4.79 Å². The zero-order chi connectivity index (χ0) is 30.7. The van der Waals surface area contributed by atoms with Crippen molar-refractivity contribution in [1.82, 2.24) is 9.88 Å². The van der Waals surface area contributed by atoms with Gasteiger partial charge in [-0.1, -0.05) is 71.9 Å². The van der Waals surface area contributed by atoms with Crippen molar-refractivity contribution < 1.29 is 18.7 Å². The molecule has 1 aliphatic rings. The lowest BCUT2D eigenvalue weighted by Gasteiger charge is -2.41. The molecule has 42 heavy (non-hydrogen) atoms. The average Bonchev–Trinajstić information content (AvgIpc) is 3.29. The zero-order valence-corrected chi connectivity index (χ0v) is 28.0. The third kappa shape index (κ3) is 7.42. The minimum atomic E-state index is -1.34. The molecule has 0 radical (unpaired) electrons. The molecule has 1 saturated heterocycles. The predicted octanol–water partition coefficient (Wildman–Crippen LogP) is 7.54. The standard InChI is InChI=1S/C35H48N2O4Si/c1-34(2,3)28-21-27(26-16-13-19-36-33(26)40-23-24-14-11-10-12-15-24)25(20-30(28)39-7)22-37-29(17-18-31(37)38)32(35(4,5)6)41-42(8)9/h10-16,19-21,29,32,42H,17-18,22-23H2,1-9H3/t29-,32?/m0/s1. The molecule has 1 aromatic heterocycles. The molecule has 2 heterocycles. The molecule has 226 valence electrons. The Morgan fingerprint density at radius 1 is 1.00 bits per heavy atom. The number of hydrogen-bond donors (Lipinski definition) is 0. The number of nitrogens with zero attached hydrogens (tertiary/aromatic N) is 2. The Bertz CT molecular complexity index is 1360. The van der Waals surface area contributed by atoms with Gasteiger partial charge in [-0.15, -0.1) is 0 Å². The lowest BCUT2D eigenvalue weighted by atomic mass is 9.82. The number of methoxy groups -OCH3 is 1. The van der Waals surface area contributed by atoms with E-state index in [9.17, 15) is 4.79 Å². The highest BCUT2D eigenvalue weighted by molar-refractivity contribution is 6.48. The summed E-state index contributed by atoms with van der Waals surface area (Å²) in [5, 5.41) is 0. The van der Waals surface area contributed by atoms with E-state index in [2.05, 4.69) is 77.8 Å². The van der Waals surface area contributed by atoms with Crippen LogP contribution in [0, 0.1) is 5.41 Å². The number of ether oxygens (including phenoxy) is 2. The van der Waals surface area contributed by atoms with E-state index in [0.29, 0.717) is 25.5 Å². The molecule has 0 N–H and O–H groups in total. The van der Waals surface area contributed by atoms with Gasteiger partial charge in [-0.05, 0) is 71.3 Å². The summed E-state index contributed by atoms with van der Waals surface area (Å²) in [5.41, 5.74) is 4.82. The van der Waals surface area contributed by atoms with Crippen LogP contribution in [0.1, 0.15) is 71.1 Å². The van der Waals surface area contributed by atoms with Gasteiger partial charge in [0.05, 0.1) is 19.3 Å². The number of carbonyl (C=O) groups excluding carboxylic acids is 1. The van der Waals surface area contributed by atoms with Gasteiger partial charge < -0.3 is 18.8 Å². The van der Waals surface area contributed by atoms with Gasteiger partial charge in [-0.2, -0.15) is 0 Å². The molecule has 0 bridgehead atoms. The third-order valence-electron chi connectivity index (χ3n) is 7.85. The van der Waals surface area contributed by atoms with E-state index in [4.69, 9.17) is 13.9 Å². The topological polar surface area (TPSA) is 60.9 Å². The van der Waals surface area contributed by atoms with E-state index >= 15 is 0 Å². The normalized spacial score (nSPS) is 16.7. The van der Waals surface area contributed by atoms with Crippen molar-refractivity contribution in [2.75, 3.05) is 7.11 Å². The number of carbonyl (C=O) groups is 1. The van der Waals surface area contributed by atoms with Gasteiger partial charge in [0.2, 0.25) is 11.8 Å². The molecule has 0 spiro atoms. The molecule has 1 fully saturated rings. The fourth-order valence-corrected chi connectivity index (χ4v) is 7.00. The summed E-state index contributed by atoms with van der Waals surface area (Å²) in [4.78, 5) is 20.2. The number of likely N-dealkylation sites (tertiary alicyclic amines) is 1. The van der Waals surface area contributed by atoms with Crippen LogP contribution in [-0.4, -0.2) is 44.1 Å². The highest BCUT2D eigenvalue weighted by Gasteiger charge is 2.43. The summed E-state index contributed by atoms with van der Waals surface area (Å²) >= 11 is 0. The Labute approximate surface area is 254 Å². The molecule has 0 aliphatic carbocycles. The number of aromatic nitrogens is 1. The van der Waals surface area contributed by atoms with Gasteiger partial charge >= 0.3 is 0 Å². The first-order chi connectivity index (χ1) is 19.8. The molecule has 6 nitrogen and oxygen atoms in total. The molecule has 4 rings (SSSR count). The van der Waals surface area contributed by atoms with E-state index in [0.717, 1.165) is 40.0 Å². The van der Waals surface area contributed by atoms with Crippen LogP contribution >= 0.6 is 0 Å². The second-order valence-electron chi connectivity index (χ2n) is 13.7. The van der Waals surface area contributed by atoms with Crippen molar-refractivity contribution in [3.05, 3.63) is 77.5 Å². The number of hydrogen-bond acceptors (Lipinski definition) is 5. The second-order valence-corrected chi connectivity index (χ2v) is 16.1. The van der Waals surface area contributed by atoms with E-state index in [1.807, 2.05) is 41.3 Å². The number of rotatable bonds is 10. The Balaban J connectivity index is 1.81. The summed E-state index contributed by atoms with van der Waals surface area (Å²) in [7, 11) is 0.377. The monoisotopic (exact) mass is 588 g/mol. The Hall–Kier alpha value is -3.16. The van der Waals surface area contributed by atoms with Gasteiger partial charge in [0, 0.05) is 30.3 Å². The fraction of sp³-hybridized carbons (Fsp3) is 0.486. The number of benzene rings is 2. The summed E-state index contributed by atoms with van der Waals surface area (Å²) in [6, 6.07) is 18.4. The first kappa shape index (κ1) is 31.8. The third-order valence-corrected chi connectivity index (χ3v) is 8.69. The van der Waals surface area contributed by atoms with Crippen molar-refractivity contribution >= 4 is 14.9 Å². The first-order valence-corrected chi connectivity index (χ1v) is 17.9. The Kier molecular flexibility index (Phi) is 9.83. The van der Waals surface area contributed by atoms with Gasteiger partial charge in [0.1, 0.15) is 12.4 Å². The Morgan fingerprint density at radius 3 is 2.33 bits per heavy atom. The maximum absolute atomic E-state index is 13.5. The van der Waals surface area contributed by atoms with E-state index < -0.39 is 9.04 Å². The van der Waals surface area contributed by atoms with Crippen LogP contribution in [0.15, 0.2) is 60.8 Å².